The van der Waals surface area contributed by atoms with E-state index in [1.165, 1.54) is 49.8 Å². The molecule has 2 nitrogen and oxygen atoms in total. The molecule has 0 aromatic heterocycles. The Kier molecular flexibility index (Phi) is 7.95. The van der Waals surface area contributed by atoms with Crippen LogP contribution < -0.4 is 4.90 Å². The summed E-state index contributed by atoms with van der Waals surface area (Å²) in [7, 11) is 4.11. The van der Waals surface area contributed by atoms with Crippen LogP contribution in [0.25, 0.3) is 0 Å². The molecule has 0 atom stereocenters. The van der Waals surface area contributed by atoms with Crippen molar-refractivity contribution in [3.05, 3.63) is 29.8 Å². The lowest BCUT2D eigenvalue weighted by atomic mass is 10.1. The summed E-state index contributed by atoms with van der Waals surface area (Å²) in [5.41, 5.74) is 2.42. The summed E-state index contributed by atoms with van der Waals surface area (Å²) in [5.74, 6) is 0. The van der Waals surface area contributed by atoms with E-state index < -0.39 is 0 Å². The molecule has 106 valence electrons. The minimum absolute atomic E-state index is 0.960. The predicted octanol–water partition coefficient (Wildman–Crippen LogP) is 4.53. The number of anilines is 1. The number of aliphatic imine (C=N–C) groups is 1. The van der Waals surface area contributed by atoms with Crippen LogP contribution in [0.1, 0.15) is 51.0 Å². The summed E-state index contributed by atoms with van der Waals surface area (Å²) in [6, 6.07) is 8.51. The molecular weight excluding hydrogens is 232 g/mol. The van der Waals surface area contributed by atoms with E-state index in [1.807, 2.05) is 6.21 Å². The highest BCUT2D eigenvalue weighted by Gasteiger charge is 1.93. The van der Waals surface area contributed by atoms with Gasteiger partial charge in [0, 0.05) is 32.5 Å². The first-order valence-electron chi connectivity index (χ1n) is 7.51. The second-order valence-corrected chi connectivity index (χ2v) is 5.29. The van der Waals surface area contributed by atoms with Crippen molar-refractivity contribution in [2.24, 2.45) is 4.99 Å². The van der Waals surface area contributed by atoms with Crippen molar-refractivity contribution in [2.45, 2.75) is 45.4 Å². The van der Waals surface area contributed by atoms with E-state index in [-0.39, 0.29) is 0 Å². The van der Waals surface area contributed by atoms with E-state index in [1.54, 1.807) is 0 Å². The van der Waals surface area contributed by atoms with Crippen LogP contribution in [-0.2, 0) is 0 Å². The third-order valence-electron chi connectivity index (χ3n) is 3.29. The second kappa shape index (κ2) is 9.60. The number of hydrogen-bond acceptors (Lipinski definition) is 2. The molecule has 0 radical (unpaired) electrons. The zero-order chi connectivity index (χ0) is 13.9. The van der Waals surface area contributed by atoms with Crippen molar-refractivity contribution in [2.75, 3.05) is 25.5 Å². The highest BCUT2D eigenvalue weighted by atomic mass is 15.1. The summed E-state index contributed by atoms with van der Waals surface area (Å²) in [4.78, 5) is 6.60. The minimum Gasteiger partial charge on any atom is -0.378 e. The average Bonchev–Trinajstić information content (AvgIpc) is 2.42. The SMILES string of the molecule is CCCCCCCC/N=C/c1ccc(N(C)C)cc1. The van der Waals surface area contributed by atoms with Crippen LogP contribution in [0.3, 0.4) is 0 Å². The first kappa shape index (κ1) is 15.7. The van der Waals surface area contributed by atoms with Crippen LogP contribution >= 0.6 is 0 Å². The van der Waals surface area contributed by atoms with E-state index in [2.05, 4.69) is 55.2 Å². The maximum absolute atomic E-state index is 4.50. The monoisotopic (exact) mass is 260 g/mol. The lowest BCUT2D eigenvalue weighted by molar-refractivity contribution is 0.612. The molecule has 0 aliphatic carbocycles. The first-order chi connectivity index (χ1) is 9.24. The van der Waals surface area contributed by atoms with Gasteiger partial charge in [-0.25, -0.2) is 0 Å². The van der Waals surface area contributed by atoms with E-state index in [0.29, 0.717) is 0 Å². The molecule has 0 spiro atoms. The lowest BCUT2D eigenvalue weighted by Crippen LogP contribution is -2.08. The summed E-state index contributed by atoms with van der Waals surface area (Å²) < 4.78 is 0. The molecule has 0 saturated heterocycles. The topological polar surface area (TPSA) is 15.6 Å². The quantitative estimate of drug-likeness (QED) is 0.470. The van der Waals surface area contributed by atoms with E-state index >= 15 is 0 Å². The third kappa shape index (κ3) is 7.00. The van der Waals surface area contributed by atoms with Gasteiger partial charge >= 0.3 is 0 Å². The molecule has 0 amide bonds. The smallest absolute Gasteiger partial charge is 0.0389 e. The minimum atomic E-state index is 0.960. The number of hydrogen-bond donors (Lipinski definition) is 0. The van der Waals surface area contributed by atoms with Crippen molar-refractivity contribution in [1.82, 2.24) is 0 Å². The molecule has 1 rings (SSSR count). The Balaban J connectivity index is 2.18. The Bertz CT molecular complexity index is 352. The predicted molar refractivity (Wildman–Crippen MR) is 86.6 cm³/mol. The van der Waals surface area contributed by atoms with E-state index in [9.17, 15) is 0 Å². The van der Waals surface area contributed by atoms with Crippen LogP contribution in [-0.4, -0.2) is 26.9 Å². The van der Waals surface area contributed by atoms with Gasteiger partial charge in [-0.2, -0.15) is 0 Å². The summed E-state index contributed by atoms with van der Waals surface area (Å²) >= 11 is 0. The van der Waals surface area contributed by atoms with Gasteiger partial charge < -0.3 is 4.90 Å². The van der Waals surface area contributed by atoms with Crippen molar-refractivity contribution in [3.63, 3.8) is 0 Å². The van der Waals surface area contributed by atoms with Gasteiger partial charge in [-0.1, -0.05) is 51.2 Å². The fourth-order valence-electron chi connectivity index (χ4n) is 2.01. The molecule has 1 aromatic rings. The van der Waals surface area contributed by atoms with Gasteiger partial charge in [0.05, 0.1) is 0 Å². The molecule has 0 aliphatic heterocycles. The zero-order valence-corrected chi connectivity index (χ0v) is 12.7. The van der Waals surface area contributed by atoms with Gasteiger partial charge in [0.1, 0.15) is 0 Å². The van der Waals surface area contributed by atoms with Gasteiger partial charge in [0.15, 0.2) is 0 Å². The standard InChI is InChI=1S/C17H28N2/c1-4-5-6-7-8-9-14-18-15-16-10-12-17(13-11-16)19(2)3/h10-13,15H,4-9,14H2,1-3H3/b18-15+. The number of nitrogens with zero attached hydrogens (tertiary/aromatic N) is 2. The van der Waals surface area contributed by atoms with Crippen LogP contribution in [0, 0.1) is 0 Å². The normalized spacial score (nSPS) is 11.1. The second-order valence-electron chi connectivity index (χ2n) is 5.29. The van der Waals surface area contributed by atoms with Crippen molar-refractivity contribution in [3.8, 4) is 0 Å². The highest BCUT2D eigenvalue weighted by Crippen LogP contribution is 2.11. The Morgan fingerprint density at radius 1 is 0.947 bits per heavy atom. The van der Waals surface area contributed by atoms with Crippen LogP contribution in [0.2, 0.25) is 0 Å². The lowest BCUT2D eigenvalue weighted by Gasteiger charge is -2.11. The number of benzene rings is 1. The fraction of sp³-hybridized carbons (Fsp3) is 0.588. The van der Waals surface area contributed by atoms with Crippen LogP contribution in [0.15, 0.2) is 29.3 Å². The van der Waals surface area contributed by atoms with E-state index in [4.69, 9.17) is 0 Å². The molecule has 0 bridgehead atoms. The van der Waals surface area contributed by atoms with Crippen molar-refractivity contribution >= 4 is 11.9 Å². The molecular formula is C17H28N2. The number of rotatable bonds is 9. The highest BCUT2D eigenvalue weighted by molar-refractivity contribution is 5.80. The van der Waals surface area contributed by atoms with Gasteiger partial charge in [0.25, 0.3) is 0 Å². The molecule has 19 heavy (non-hydrogen) atoms. The fourth-order valence-corrected chi connectivity index (χ4v) is 2.01. The summed E-state index contributed by atoms with van der Waals surface area (Å²) in [6.07, 6.45) is 9.97. The molecule has 0 N–H and O–H groups in total. The Morgan fingerprint density at radius 3 is 2.21 bits per heavy atom. The van der Waals surface area contributed by atoms with Gasteiger partial charge in [-0.15, -0.1) is 0 Å². The summed E-state index contributed by atoms with van der Waals surface area (Å²) in [5, 5.41) is 0. The zero-order valence-electron chi connectivity index (χ0n) is 12.7. The number of unbranched alkanes of at least 4 members (excludes halogenated alkanes) is 5. The van der Waals surface area contributed by atoms with Crippen molar-refractivity contribution in [1.29, 1.82) is 0 Å². The average molecular weight is 260 g/mol. The molecule has 1 aromatic carbocycles. The van der Waals surface area contributed by atoms with Gasteiger partial charge in [-0.05, 0) is 24.1 Å². The molecule has 0 aliphatic rings. The van der Waals surface area contributed by atoms with Gasteiger partial charge in [-0.3, -0.25) is 4.99 Å². The molecule has 2 heteroatoms. The maximum atomic E-state index is 4.50. The van der Waals surface area contributed by atoms with Crippen molar-refractivity contribution < 1.29 is 0 Å². The Labute approximate surface area is 118 Å². The largest absolute Gasteiger partial charge is 0.378 e. The van der Waals surface area contributed by atoms with E-state index in [0.717, 1.165) is 6.54 Å². The Hall–Kier alpha value is -1.31. The molecule has 0 fully saturated rings. The third-order valence-corrected chi connectivity index (χ3v) is 3.29. The van der Waals surface area contributed by atoms with Gasteiger partial charge in [0.2, 0.25) is 0 Å². The first-order valence-corrected chi connectivity index (χ1v) is 7.51. The van der Waals surface area contributed by atoms with Crippen LogP contribution in [0.4, 0.5) is 5.69 Å². The van der Waals surface area contributed by atoms with Crippen LogP contribution in [0.5, 0.6) is 0 Å². The molecule has 0 unspecified atom stereocenters. The molecule has 0 saturated carbocycles. The maximum Gasteiger partial charge on any atom is 0.0389 e. The Morgan fingerprint density at radius 2 is 1.58 bits per heavy atom. The summed E-state index contributed by atoms with van der Waals surface area (Å²) in [6.45, 7) is 3.22. The molecule has 0 heterocycles.